The summed E-state index contributed by atoms with van der Waals surface area (Å²) in [5, 5.41) is 0.722. The van der Waals surface area contributed by atoms with E-state index in [1.165, 1.54) is 11.8 Å². The van der Waals surface area contributed by atoms with Gasteiger partial charge in [-0.15, -0.1) is 0 Å². The van der Waals surface area contributed by atoms with Gasteiger partial charge in [-0.05, 0) is 42.5 Å². The van der Waals surface area contributed by atoms with Crippen LogP contribution in [0.15, 0.2) is 34.2 Å². The molecule has 138 valence electrons. The Kier molecular flexibility index (Phi) is 6.30. The molecule has 0 bridgehead atoms. The molecule has 8 heteroatoms. The Hall–Kier alpha value is -2.32. The van der Waals surface area contributed by atoms with Crippen LogP contribution < -0.4 is 4.74 Å². The number of carbonyl (C=O) groups is 2. The van der Waals surface area contributed by atoms with Crippen molar-refractivity contribution in [2.75, 3.05) is 39.5 Å². The summed E-state index contributed by atoms with van der Waals surface area (Å²) in [6, 6.07) is 7.19. The number of aliphatic imine (C=N–C) groups is 1. The number of rotatable bonds is 5. The van der Waals surface area contributed by atoms with E-state index in [1.807, 2.05) is 6.07 Å². The average molecular weight is 376 g/mol. The third-order valence-corrected chi connectivity index (χ3v) is 4.75. The first-order chi connectivity index (χ1) is 12.7. The van der Waals surface area contributed by atoms with E-state index in [-0.39, 0.29) is 12.5 Å². The molecule has 1 amide bonds. The lowest BCUT2D eigenvalue weighted by Crippen LogP contribution is -2.38. The molecule has 0 radical (unpaired) electrons. The van der Waals surface area contributed by atoms with Crippen molar-refractivity contribution >= 4 is 34.9 Å². The largest absolute Gasteiger partial charge is 0.482 e. The topological polar surface area (TPSA) is 77.4 Å². The van der Waals surface area contributed by atoms with Gasteiger partial charge in [-0.1, -0.05) is 12.1 Å². The molecule has 2 aliphatic heterocycles. The van der Waals surface area contributed by atoms with E-state index in [4.69, 9.17) is 14.2 Å². The lowest BCUT2D eigenvalue weighted by molar-refractivity contribution is -0.145. The number of carbonyl (C=O) groups excluding carboxylic acids is 2. The Balaban J connectivity index is 1.64. The van der Waals surface area contributed by atoms with Gasteiger partial charge in [0.25, 0.3) is 5.91 Å². The van der Waals surface area contributed by atoms with Crippen LogP contribution in [0.4, 0.5) is 0 Å². The van der Waals surface area contributed by atoms with E-state index < -0.39 is 5.97 Å². The minimum absolute atomic E-state index is 0.147. The normalized spacial score (nSPS) is 18.8. The molecule has 2 aliphatic rings. The Morgan fingerprint density at radius 3 is 2.96 bits per heavy atom. The summed E-state index contributed by atoms with van der Waals surface area (Å²) in [5.41, 5.74) is 0.806. The lowest BCUT2D eigenvalue weighted by atomic mass is 10.2. The molecule has 0 atom stereocenters. The molecule has 1 fully saturated rings. The number of hydrogen-bond donors (Lipinski definition) is 0. The maximum atomic E-state index is 12.2. The number of hydrogen-bond acceptors (Lipinski definition) is 7. The number of thioether (sulfide) groups is 1. The summed E-state index contributed by atoms with van der Waals surface area (Å²) in [4.78, 5) is 30.3. The van der Waals surface area contributed by atoms with Gasteiger partial charge in [0.2, 0.25) is 0 Å². The number of nitrogens with zero attached hydrogens (tertiary/aromatic N) is 2. The van der Waals surface area contributed by atoms with Crippen molar-refractivity contribution in [3.05, 3.63) is 34.7 Å². The van der Waals surface area contributed by atoms with E-state index >= 15 is 0 Å². The Morgan fingerprint density at radius 2 is 2.19 bits per heavy atom. The monoisotopic (exact) mass is 376 g/mol. The summed E-state index contributed by atoms with van der Waals surface area (Å²) in [5.74, 6) is -0.118. The molecule has 0 spiro atoms. The number of morpholine rings is 1. The van der Waals surface area contributed by atoms with Gasteiger partial charge < -0.3 is 19.1 Å². The van der Waals surface area contributed by atoms with Crippen LogP contribution in [0, 0.1) is 0 Å². The second-order valence-corrected chi connectivity index (χ2v) is 6.58. The molecule has 0 N–H and O–H groups in total. The molecule has 1 aromatic carbocycles. The molecule has 0 unspecified atom stereocenters. The van der Waals surface area contributed by atoms with Crippen LogP contribution in [-0.4, -0.2) is 61.5 Å². The Bertz CT molecular complexity index is 741. The standard InChI is InChI=1S/C18H20N2O5S/c1-2-24-16(21)12-25-14-5-3-4-13(10-14)11-15-17(22)19-18(26-15)20-6-8-23-9-7-20/h3-5,10-11H,2,6-9,12H2,1H3. The second-order valence-electron chi connectivity index (χ2n) is 5.58. The molecule has 0 aromatic heterocycles. The maximum Gasteiger partial charge on any atom is 0.344 e. The van der Waals surface area contributed by atoms with Gasteiger partial charge in [0.1, 0.15) is 5.75 Å². The van der Waals surface area contributed by atoms with Crippen LogP contribution in [0.2, 0.25) is 0 Å². The fraction of sp³-hybridized carbons (Fsp3) is 0.389. The maximum absolute atomic E-state index is 12.2. The first kappa shape index (κ1) is 18.5. The molecule has 1 saturated heterocycles. The SMILES string of the molecule is CCOC(=O)COc1cccc(C=C2SC(N3CCOCC3)=NC2=O)c1. The summed E-state index contributed by atoms with van der Waals surface area (Å²) < 4.78 is 15.6. The zero-order chi connectivity index (χ0) is 18.4. The van der Waals surface area contributed by atoms with Crippen molar-refractivity contribution in [1.29, 1.82) is 0 Å². The van der Waals surface area contributed by atoms with E-state index in [0.29, 0.717) is 30.5 Å². The van der Waals surface area contributed by atoms with Crippen LogP contribution in [0.5, 0.6) is 5.75 Å². The third-order valence-electron chi connectivity index (χ3n) is 3.71. The first-order valence-electron chi connectivity index (χ1n) is 8.39. The minimum atomic E-state index is -0.415. The zero-order valence-electron chi connectivity index (χ0n) is 14.5. The highest BCUT2D eigenvalue weighted by molar-refractivity contribution is 8.18. The summed E-state index contributed by atoms with van der Waals surface area (Å²) in [6.45, 7) is 4.69. The van der Waals surface area contributed by atoms with Gasteiger partial charge in [-0.2, -0.15) is 4.99 Å². The second kappa shape index (κ2) is 8.86. The number of amidine groups is 1. The van der Waals surface area contributed by atoms with Gasteiger partial charge in [0.05, 0.1) is 24.7 Å². The fourth-order valence-electron chi connectivity index (χ4n) is 2.48. The van der Waals surface area contributed by atoms with E-state index in [0.717, 1.165) is 23.8 Å². The van der Waals surface area contributed by atoms with E-state index in [1.54, 1.807) is 31.2 Å². The van der Waals surface area contributed by atoms with Crippen molar-refractivity contribution in [2.45, 2.75) is 6.92 Å². The third kappa shape index (κ3) is 4.86. The van der Waals surface area contributed by atoms with E-state index in [9.17, 15) is 9.59 Å². The predicted molar refractivity (Wildman–Crippen MR) is 99.0 cm³/mol. The van der Waals surface area contributed by atoms with Crippen LogP contribution in [-0.2, 0) is 19.1 Å². The number of amides is 1. The van der Waals surface area contributed by atoms with Gasteiger partial charge >= 0.3 is 5.97 Å². The number of benzene rings is 1. The molecule has 26 heavy (non-hydrogen) atoms. The highest BCUT2D eigenvalue weighted by Crippen LogP contribution is 2.31. The lowest BCUT2D eigenvalue weighted by Gasteiger charge is -2.27. The van der Waals surface area contributed by atoms with Gasteiger partial charge in [0, 0.05) is 13.1 Å². The van der Waals surface area contributed by atoms with Gasteiger partial charge in [-0.25, -0.2) is 4.79 Å². The highest BCUT2D eigenvalue weighted by atomic mass is 32.2. The molecular weight excluding hydrogens is 356 g/mol. The number of ether oxygens (including phenoxy) is 3. The summed E-state index contributed by atoms with van der Waals surface area (Å²) >= 11 is 1.37. The molecule has 0 saturated carbocycles. The van der Waals surface area contributed by atoms with Crippen molar-refractivity contribution < 1.29 is 23.8 Å². The van der Waals surface area contributed by atoms with Crippen LogP contribution >= 0.6 is 11.8 Å². The van der Waals surface area contributed by atoms with Gasteiger partial charge in [0.15, 0.2) is 11.8 Å². The van der Waals surface area contributed by atoms with Crippen molar-refractivity contribution in [3.8, 4) is 5.75 Å². The molecule has 1 aromatic rings. The minimum Gasteiger partial charge on any atom is -0.482 e. The predicted octanol–water partition coefficient (Wildman–Crippen LogP) is 1.93. The van der Waals surface area contributed by atoms with Crippen molar-refractivity contribution in [1.82, 2.24) is 4.90 Å². The molecular formula is C18H20N2O5S. The molecule has 2 heterocycles. The van der Waals surface area contributed by atoms with Crippen LogP contribution in [0.3, 0.4) is 0 Å². The molecule has 0 aliphatic carbocycles. The Labute approximate surface area is 156 Å². The molecule has 7 nitrogen and oxygen atoms in total. The van der Waals surface area contributed by atoms with Crippen LogP contribution in [0.25, 0.3) is 6.08 Å². The Morgan fingerprint density at radius 1 is 1.38 bits per heavy atom. The fourth-order valence-corrected chi connectivity index (χ4v) is 3.44. The van der Waals surface area contributed by atoms with Crippen LogP contribution in [0.1, 0.15) is 12.5 Å². The summed E-state index contributed by atoms with van der Waals surface area (Å²) in [7, 11) is 0. The zero-order valence-corrected chi connectivity index (χ0v) is 15.3. The highest BCUT2D eigenvalue weighted by Gasteiger charge is 2.27. The van der Waals surface area contributed by atoms with Crippen molar-refractivity contribution in [2.24, 2.45) is 4.99 Å². The van der Waals surface area contributed by atoms with Crippen molar-refractivity contribution in [3.63, 3.8) is 0 Å². The summed E-state index contributed by atoms with van der Waals surface area (Å²) in [6.07, 6.45) is 1.78. The average Bonchev–Trinajstić information content (AvgIpc) is 3.02. The number of esters is 1. The molecule has 3 rings (SSSR count). The quantitative estimate of drug-likeness (QED) is 0.574. The smallest absolute Gasteiger partial charge is 0.344 e. The van der Waals surface area contributed by atoms with E-state index in [2.05, 4.69) is 9.89 Å². The first-order valence-corrected chi connectivity index (χ1v) is 9.21. The van der Waals surface area contributed by atoms with Gasteiger partial charge in [-0.3, -0.25) is 4.79 Å².